The van der Waals surface area contributed by atoms with Crippen molar-refractivity contribution in [3.63, 3.8) is 0 Å². The lowest BCUT2D eigenvalue weighted by Gasteiger charge is -2.35. The average Bonchev–Trinajstić information content (AvgIpc) is 2.36. The summed E-state index contributed by atoms with van der Waals surface area (Å²) in [7, 11) is 0. The van der Waals surface area contributed by atoms with Gasteiger partial charge in [0.1, 0.15) is 5.69 Å². The number of hydrogen-bond donors (Lipinski definition) is 2. The van der Waals surface area contributed by atoms with Crippen LogP contribution in [0.3, 0.4) is 0 Å². The maximum absolute atomic E-state index is 12.9. The maximum atomic E-state index is 12.9. The number of pyridine rings is 1. The minimum Gasteiger partial charge on any atom is -0.388 e. The molecular weight excluding hydrogens is 247 g/mol. The van der Waals surface area contributed by atoms with Crippen LogP contribution in [0.2, 0.25) is 0 Å². The van der Waals surface area contributed by atoms with Crippen LogP contribution in [0, 0.1) is 11.9 Å². The SMILES string of the molecule is CC1CCCC(O)(CNC(=O)c2cccc(F)n2)C1. The van der Waals surface area contributed by atoms with Gasteiger partial charge in [-0.25, -0.2) is 4.98 Å². The zero-order chi connectivity index (χ0) is 13.9. The van der Waals surface area contributed by atoms with Gasteiger partial charge in [0.05, 0.1) is 5.60 Å². The van der Waals surface area contributed by atoms with Crippen LogP contribution >= 0.6 is 0 Å². The van der Waals surface area contributed by atoms with Crippen molar-refractivity contribution in [3.05, 3.63) is 29.8 Å². The Morgan fingerprint density at radius 1 is 1.63 bits per heavy atom. The van der Waals surface area contributed by atoms with Gasteiger partial charge in [-0.15, -0.1) is 0 Å². The molecule has 1 aliphatic rings. The number of carbonyl (C=O) groups excluding carboxylic acids is 1. The summed E-state index contributed by atoms with van der Waals surface area (Å²) in [6, 6.07) is 4.08. The standard InChI is InChI=1S/C14H19FN2O2/c1-10-4-3-7-14(19,8-10)9-16-13(18)11-5-2-6-12(15)17-11/h2,5-6,10,19H,3-4,7-9H2,1H3,(H,16,18). The number of rotatable bonds is 3. The van der Waals surface area contributed by atoms with Crippen LogP contribution in [0.4, 0.5) is 4.39 Å². The summed E-state index contributed by atoms with van der Waals surface area (Å²) < 4.78 is 12.9. The largest absolute Gasteiger partial charge is 0.388 e. The summed E-state index contributed by atoms with van der Waals surface area (Å²) in [5.41, 5.74) is -0.812. The first-order chi connectivity index (χ1) is 8.98. The van der Waals surface area contributed by atoms with Crippen molar-refractivity contribution in [1.29, 1.82) is 0 Å². The molecule has 0 aromatic carbocycles. The third-order valence-electron chi connectivity index (χ3n) is 3.59. The Hall–Kier alpha value is -1.49. The van der Waals surface area contributed by atoms with Crippen molar-refractivity contribution >= 4 is 5.91 Å². The van der Waals surface area contributed by atoms with E-state index in [1.54, 1.807) is 0 Å². The molecule has 1 amide bonds. The monoisotopic (exact) mass is 266 g/mol. The fourth-order valence-corrected chi connectivity index (χ4v) is 2.66. The van der Waals surface area contributed by atoms with Crippen LogP contribution in [-0.2, 0) is 0 Å². The first-order valence-corrected chi connectivity index (χ1v) is 6.62. The summed E-state index contributed by atoms with van der Waals surface area (Å²) in [5.74, 6) is -0.674. The quantitative estimate of drug-likeness (QED) is 0.821. The number of nitrogens with one attached hydrogen (secondary N) is 1. The van der Waals surface area contributed by atoms with Gasteiger partial charge in [-0.3, -0.25) is 4.79 Å². The second-order valence-electron chi connectivity index (χ2n) is 5.45. The van der Waals surface area contributed by atoms with E-state index in [1.165, 1.54) is 18.2 Å². The Bertz CT molecular complexity index is 467. The van der Waals surface area contributed by atoms with Gasteiger partial charge in [-0.1, -0.05) is 25.8 Å². The fraction of sp³-hybridized carbons (Fsp3) is 0.571. The van der Waals surface area contributed by atoms with Gasteiger partial charge in [0.2, 0.25) is 5.95 Å². The van der Waals surface area contributed by atoms with Gasteiger partial charge >= 0.3 is 0 Å². The van der Waals surface area contributed by atoms with Crippen molar-refractivity contribution in [2.75, 3.05) is 6.54 Å². The minimum absolute atomic E-state index is 0.0347. The highest BCUT2D eigenvalue weighted by Crippen LogP contribution is 2.31. The van der Waals surface area contributed by atoms with Crippen molar-refractivity contribution in [2.24, 2.45) is 5.92 Å². The molecule has 0 bridgehead atoms. The predicted octanol–water partition coefficient (Wildman–Crippen LogP) is 1.89. The van der Waals surface area contributed by atoms with Crippen molar-refractivity contribution in [2.45, 2.75) is 38.2 Å². The van der Waals surface area contributed by atoms with E-state index < -0.39 is 17.5 Å². The summed E-state index contributed by atoms with van der Waals surface area (Å²) in [6.07, 6.45) is 3.45. The highest BCUT2D eigenvalue weighted by Gasteiger charge is 2.32. The van der Waals surface area contributed by atoms with Gasteiger partial charge < -0.3 is 10.4 Å². The van der Waals surface area contributed by atoms with Gasteiger partial charge in [-0.2, -0.15) is 4.39 Å². The van der Waals surface area contributed by atoms with E-state index >= 15 is 0 Å². The van der Waals surface area contributed by atoms with E-state index in [4.69, 9.17) is 0 Å². The highest BCUT2D eigenvalue weighted by molar-refractivity contribution is 5.92. The van der Waals surface area contributed by atoms with Crippen LogP contribution in [0.5, 0.6) is 0 Å². The molecule has 4 nitrogen and oxygen atoms in total. The number of nitrogens with zero attached hydrogens (tertiary/aromatic N) is 1. The highest BCUT2D eigenvalue weighted by atomic mass is 19.1. The van der Waals surface area contributed by atoms with Gasteiger partial charge in [-0.05, 0) is 30.9 Å². The van der Waals surface area contributed by atoms with Crippen LogP contribution in [0.15, 0.2) is 18.2 Å². The summed E-state index contributed by atoms with van der Waals surface area (Å²) in [5, 5.41) is 13.0. The zero-order valence-electron chi connectivity index (χ0n) is 11.0. The molecule has 1 aromatic heterocycles. The van der Waals surface area contributed by atoms with Crippen LogP contribution in [0.25, 0.3) is 0 Å². The van der Waals surface area contributed by atoms with Crippen molar-refractivity contribution in [3.8, 4) is 0 Å². The molecule has 1 aliphatic carbocycles. The molecule has 2 N–H and O–H groups in total. The molecule has 0 radical (unpaired) electrons. The molecule has 2 rings (SSSR count). The Labute approximate surface area is 112 Å². The molecule has 1 fully saturated rings. The number of carbonyl (C=O) groups is 1. The molecule has 0 aliphatic heterocycles. The van der Waals surface area contributed by atoms with E-state index in [2.05, 4.69) is 17.2 Å². The molecule has 2 atom stereocenters. The molecule has 5 heteroatoms. The second-order valence-corrected chi connectivity index (χ2v) is 5.45. The van der Waals surface area contributed by atoms with E-state index in [9.17, 15) is 14.3 Å². The van der Waals surface area contributed by atoms with E-state index in [0.29, 0.717) is 18.8 Å². The average molecular weight is 266 g/mol. The van der Waals surface area contributed by atoms with E-state index in [-0.39, 0.29) is 12.2 Å². The molecule has 2 unspecified atom stereocenters. The topological polar surface area (TPSA) is 62.2 Å². The van der Waals surface area contributed by atoms with Crippen molar-refractivity contribution in [1.82, 2.24) is 10.3 Å². The number of aromatic nitrogens is 1. The molecule has 1 heterocycles. The molecule has 0 saturated heterocycles. The summed E-state index contributed by atoms with van der Waals surface area (Å²) in [4.78, 5) is 15.3. The first kappa shape index (κ1) is 13.9. The third-order valence-corrected chi connectivity index (χ3v) is 3.59. The van der Waals surface area contributed by atoms with Crippen molar-refractivity contribution < 1.29 is 14.3 Å². The molecule has 19 heavy (non-hydrogen) atoms. The number of amides is 1. The molecule has 1 aromatic rings. The van der Waals surface area contributed by atoms with E-state index in [1.807, 2.05) is 0 Å². The normalized spacial score (nSPS) is 27.0. The van der Waals surface area contributed by atoms with Gasteiger partial charge in [0.25, 0.3) is 5.91 Å². The first-order valence-electron chi connectivity index (χ1n) is 6.62. The number of aliphatic hydroxyl groups is 1. The molecule has 104 valence electrons. The Morgan fingerprint density at radius 2 is 2.42 bits per heavy atom. The maximum Gasteiger partial charge on any atom is 0.270 e. The Kier molecular flexibility index (Phi) is 4.14. The fourth-order valence-electron chi connectivity index (χ4n) is 2.66. The number of hydrogen-bond acceptors (Lipinski definition) is 3. The number of halogens is 1. The van der Waals surface area contributed by atoms with E-state index in [0.717, 1.165) is 12.8 Å². The zero-order valence-corrected chi connectivity index (χ0v) is 11.0. The Balaban J connectivity index is 1.93. The molecular formula is C14H19FN2O2. The lowest BCUT2D eigenvalue weighted by molar-refractivity contribution is -0.0109. The Morgan fingerprint density at radius 3 is 3.11 bits per heavy atom. The predicted molar refractivity (Wildman–Crippen MR) is 69.1 cm³/mol. The van der Waals surface area contributed by atoms with Gasteiger partial charge in [0, 0.05) is 6.54 Å². The van der Waals surface area contributed by atoms with Gasteiger partial charge in [0.15, 0.2) is 0 Å². The minimum atomic E-state index is -0.847. The van der Waals surface area contributed by atoms with Crippen LogP contribution < -0.4 is 5.32 Å². The van der Waals surface area contributed by atoms with Crippen LogP contribution in [-0.4, -0.2) is 28.1 Å². The lowest BCUT2D eigenvalue weighted by Crippen LogP contribution is -2.45. The lowest BCUT2D eigenvalue weighted by atomic mass is 9.79. The third kappa shape index (κ3) is 3.73. The summed E-state index contributed by atoms with van der Waals surface area (Å²) >= 11 is 0. The van der Waals surface area contributed by atoms with Crippen LogP contribution in [0.1, 0.15) is 43.1 Å². The molecule has 1 saturated carbocycles. The summed E-state index contributed by atoms with van der Waals surface area (Å²) in [6.45, 7) is 2.29. The molecule has 0 spiro atoms. The second kappa shape index (κ2) is 5.65. The smallest absolute Gasteiger partial charge is 0.270 e.